The van der Waals surface area contributed by atoms with Crippen LogP contribution in [0.3, 0.4) is 0 Å². The van der Waals surface area contributed by atoms with E-state index in [1.807, 2.05) is 0 Å². The van der Waals surface area contributed by atoms with Crippen LogP contribution in [-0.4, -0.2) is 6.85 Å². The third kappa shape index (κ3) is 6.75. The lowest BCUT2D eigenvalue weighted by Gasteiger charge is -2.50. The lowest BCUT2D eigenvalue weighted by molar-refractivity contribution is 0.331. The Kier molecular flexibility index (Phi) is 10.0. The van der Waals surface area contributed by atoms with E-state index in [0.29, 0.717) is 0 Å². The quantitative estimate of drug-likeness (QED) is 0.159. The Labute approximate surface area is 469 Å². The summed E-state index contributed by atoms with van der Waals surface area (Å²) in [6, 6.07) is 43.5. The molecule has 0 spiro atoms. The highest BCUT2D eigenvalue weighted by Crippen LogP contribution is 2.62. The first-order valence-corrected chi connectivity index (χ1v) is 30.4. The van der Waals surface area contributed by atoms with Crippen molar-refractivity contribution in [1.29, 1.82) is 0 Å². The molecule has 0 saturated carbocycles. The number of rotatable bonds is 2. The highest BCUT2D eigenvalue weighted by atomic mass is 15.2. The summed E-state index contributed by atoms with van der Waals surface area (Å²) in [5.41, 5.74) is 30.6. The largest absolute Gasteiger partial charge is 0.376 e. The van der Waals surface area contributed by atoms with Gasteiger partial charge in [-0.2, -0.15) is 0 Å². The van der Waals surface area contributed by atoms with Crippen molar-refractivity contribution in [3.8, 4) is 22.3 Å². The molecule has 7 aliphatic rings. The number of hydrogen-bond donors (Lipinski definition) is 0. The SMILES string of the molecule is CC1(C)CCC(C)(C)c2cc(N3B4c5cc6c(cc5N(c5ccc7c(c5)C(C)(C)CCC7(C)C)c5c4c(cc4ccccc54)-c4c3ccc3c4C(C)(C)c4cc5c(cc4-3)C(C)(C)CCC5(C)C)C(C)(C)CCC6(C)C)ccc21. The van der Waals surface area contributed by atoms with Gasteiger partial charge in [0.05, 0.1) is 5.69 Å². The minimum absolute atomic E-state index is 0.0242. The van der Waals surface area contributed by atoms with E-state index in [0.717, 1.165) is 0 Å². The summed E-state index contributed by atoms with van der Waals surface area (Å²) in [5.74, 6) is 0. The molecule has 0 N–H and O–H groups in total. The van der Waals surface area contributed by atoms with Crippen molar-refractivity contribution in [2.45, 2.75) is 225 Å². The van der Waals surface area contributed by atoms with Crippen LogP contribution in [-0.2, 0) is 48.7 Å². The Hall–Kier alpha value is -5.54. The van der Waals surface area contributed by atoms with Gasteiger partial charge in [-0.1, -0.05) is 179 Å². The molecule has 0 fully saturated rings. The molecule has 2 nitrogen and oxygen atoms in total. The summed E-state index contributed by atoms with van der Waals surface area (Å²) < 4.78 is 0. The monoisotopic (exact) mass is 1030 g/mol. The van der Waals surface area contributed by atoms with Gasteiger partial charge in [0, 0.05) is 39.1 Å². The summed E-state index contributed by atoms with van der Waals surface area (Å²) in [7, 11) is 0. The van der Waals surface area contributed by atoms with Crippen LogP contribution < -0.4 is 20.6 Å². The second kappa shape index (κ2) is 15.5. The van der Waals surface area contributed by atoms with Gasteiger partial charge in [0.25, 0.3) is 0 Å². The minimum atomic E-state index is -0.264. The fourth-order valence-electron chi connectivity index (χ4n) is 17.2. The van der Waals surface area contributed by atoms with Gasteiger partial charge in [0.15, 0.2) is 0 Å². The first-order chi connectivity index (χ1) is 36.4. The zero-order valence-corrected chi connectivity index (χ0v) is 50.9. The lowest BCUT2D eigenvalue weighted by atomic mass is 9.42. The van der Waals surface area contributed by atoms with Gasteiger partial charge in [0.1, 0.15) is 0 Å². The maximum Gasteiger partial charge on any atom is 0.333 e. The molecular weight excluding hydrogens is 940 g/mol. The zero-order chi connectivity index (χ0) is 55.2. The third-order valence-electron chi connectivity index (χ3n) is 22.9. The van der Waals surface area contributed by atoms with E-state index >= 15 is 0 Å². The normalized spacial score (nSPS) is 22.7. The van der Waals surface area contributed by atoms with Gasteiger partial charge in [0.2, 0.25) is 0 Å². The molecule has 14 rings (SSSR count). The van der Waals surface area contributed by atoms with Crippen LogP contribution in [0.4, 0.5) is 28.4 Å². The van der Waals surface area contributed by atoms with Crippen molar-refractivity contribution < 1.29 is 0 Å². The molecular formula is C75H87BN2. The Bertz CT molecular complexity index is 3810. The standard InChI is InChI=1S/C75H87BN2/c1-67(2)29-31-69(5,6)54-38-45(23-26-51(54)67)77-62-43-59-58(73(13,14)35-36-74(59,15)16)42-60(62)76-65-50(37-44-21-19-20-22-47(44)66(65)77)63-61(78(76)46-24-27-52-55(39-46)70(7,8)32-30-68(52,3)4)28-25-48-49-40-56-57(41-53(49)75(17,18)64(48)63)72(11,12)34-33-71(56,9)10/h19-28,37-43H,29-36H2,1-18H3. The Morgan fingerprint density at radius 2 is 0.821 bits per heavy atom. The number of hydrogen-bond acceptors (Lipinski definition) is 2. The average molecular weight is 1030 g/mol. The van der Waals surface area contributed by atoms with Crippen molar-refractivity contribution in [2.24, 2.45) is 0 Å². The van der Waals surface area contributed by atoms with Crippen LogP contribution in [0.25, 0.3) is 33.0 Å². The molecule has 0 radical (unpaired) electrons. The number of anilines is 5. The van der Waals surface area contributed by atoms with Gasteiger partial charge < -0.3 is 9.71 Å². The molecule has 2 aliphatic heterocycles. The molecule has 0 atom stereocenters. The van der Waals surface area contributed by atoms with E-state index in [-0.39, 0.29) is 55.6 Å². The van der Waals surface area contributed by atoms with Gasteiger partial charge in [-0.3, -0.25) is 0 Å². The van der Waals surface area contributed by atoms with E-state index in [2.05, 4.69) is 237 Å². The van der Waals surface area contributed by atoms with E-state index in [9.17, 15) is 0 Å². The fourth-order valence-corrected chi connectivity index (χ4v) is 17.2. The van der Waals surface area contributed by atoms with E-state index in [1.165, 1.54) is 168 Å². The average Bonchev–Trinajstić information content (AvgIpc) is 3.13. The summed E-state index contributed by atoms with van der Waals surface area (Å²) >= 11 is 0. The second-order valence-electron chi connectivity index (χ2n) is 32.0. The van der Waals surface area contributed by atoms with Crippen LogP contribution in [0, 0.1) is 0 Å². The van der Waals surface area contributed by atoms with Gasteiger partial charge in [-0.25, -0.2) is 0 Å². The molecule has 0 unspecified atom stereocenters. The Morgan fingerprint density at radius 3 is 1.38 bits per heavy atom. The predicted octanol–water partition coefficient (Wildman–Crippen LogP) is 19.2. The van der Waals surface area contributed by atoms with Crippen molar-refractivity contribution in [3.05, 3.63) is 159 Å². The second-order valence-corrected chi connectivity index (χ2v) is 32.0. The maximum absolute atomic E-state index is 2.88. The van der Waals surface area contributed by atoms with Crippen LogP contribution >= 0.6 is 0 Å². The molecule has 7 aromatic carbocycles. The fraction of sp³-hybridized carbons (Fsp3) is 0.467. The number of fused-ring (bicyclic) bond motifs is 14. The number of benzene rings is 7. The van der Waals surface area contributed by atoms with Crippen molar-refractivity contribution >= 4 is 57.0 Å². The van der Waals surface area contributed by atoms with Crippen LogP contribution in [0.2, 0.25) is 0 Å². The molecule has 400 valence electrons. The summed E-state index contributed by atoms with van der Waals surface area (Å²) in [4.78, 5) is 5.68. The van der Waals surface area contributed by atoms with E-state index in [1.54, 1.807) is 11.1 Å². The highest BCUT2D eigenvalue weighted by Gasteiger charge is 2.53. The van der Waals surface area contributed by atoms with Crippen molar-refractivity contribution in [2.75, 3.05) is 9.71 Å². The molecule has 3 heteroatoms. The molecule has 2 heterocycles. The first-order valence-electron chi connectivity index (χ1n) is 30.4. The molecule has 0 bridgehead atoms. The minimum Gasteiger partial charge on any atom is -0.376 e. The summed E-state index contributed by atoms with van der Waals surface area (Å²) in [5, 5.41) is 2.63. The van der Waals surface area contributed by atoms with Crippen LogP contribution in [0.1, 0.15) is 232 Å². The van der Waals surface area contributed by atoms with Crippen molar-refractivity contribution in [3.63, 3.8) is 0 Å². The van der Waals surface area contributed by atoms with E-state index < -0.39 is 0 Å². The molecule has 0 aromatic heterocycles. The third-order valence-corrected chi connectivity index (χ3v) is 22.9. The topological polar surface area (TPSA) is 6.48 Å². The Morgan fingerprint density at radius 1 is 0.359 bits per heavy atom. The smallest absolute Gasteiger partial charge is 0.333 e. The van der Waals surface area contributed by atoms with Crippen LogP contribution in [0.15, 0.2) is 103 Å². The molecule has 78 heavy (non-hydrogen) atoms. The summed E-state index contributed by atoms with van der Waals surface area (Å²) in [6.07, 6.45) is 9.50. The highest BCUT2D eigenvalue weighted by molar-refractivity contribution is 6.94. The van der Waals surface area contributed by atoms with Gasteiger partial charge in [-0.15, -0.1) is 0 Å². The van der Waals surface area contributed by atoms with E-state index in [4.69, 9.17) is 0 Å². The van der Waals surface area contributed by atoms with Crippen molar-refractivity contribution in [1.82, 2.24) is 0 Å². The zero-order valence-electron chi connectivity index (χ0n) is 50.9. The van der Waals surface area contributed by atoms with Gasteiger partial charge >= 0.3 is 6.85 Å². The predicted molar refractivity (Wildman–Crippen MR) is 336 cm³/mol. The maximum atomic E-state index is 2.88. The molecule has 7 aromatic rings. The Balaban J connectivity index is 1.15. The lowest BCUT2D eigenvalue weighted by Crippen LogP contribution is -2.62. The van der Waals surface area contributed by atoms with Crippen LogP contribution in [0.5, 0.6) is 0 Å². The molecule has 0 amide bonds. The first kappa shape index (κ1) is 50.7. The summed E-state index contributed by atoms with van der Waals surface area (Å²) in [6.45, 7) is 45.0. The number of nitrogens with zero attached hydrogens (tertiary/aromatic N) is 2. The molecule has 0 saturated heterocycles. The van der Waals surface area contributed by atoms with Gasteiger partial charge in [-0.05, 0) is 232 Å². The molecule has 5 aliphatic carbocycles.